The van der Waals surface area contributed by atoms with Gasteiger partial charge in [0.05, 0.1) is 0 Å². The Morgan fingerprint density at radius 2 is 2.00 bits per heavy atom. The number of allylic oxidation sites excluding steroid dienone is 2. The van der Waals surface area contributed by atoms with Gasteiger partial charge in [-0.1, -0.05) is 49.4 Å². The van der Waals surface area contributed by atoms with E-state index < -0.39 is 0 Å². The van der Waals surface area contributed by atoms with Gasteiger partial charge < -0.3 is 0 Å². The van der Waals surface area contributed by atoms with Crippen molar-refractivity contribution in [1.29, 1.82) is 0 Å². The van der Waals surface area contributed by atoms with Gasteiger partial charge in [-0.15, -0.1) is 9.24 Å². The summed E-state index contributed by atoms with van der Waals surface area (Å²) >= 11 is 0. The molecule has 0 amide bonds. The second-order valence-electron chi connectivity index (χ2n) is 4.61. The fourth-order valence-corrected chi connectivity index (χ4v) is 2.79. The van der Waals surface area contributed by atoms with Crippen molar-refractivity contribution < 1.29 is 0 Å². The summed E-state index contributed by atoms with van der Waals surface area (Å²) in [5.41, 5.74) is 1.42. The van der Waals surface area contributed by atoms with E-state index in [-0.39, 0.29) is 5.16 Å². The number of rotatable bonds is 2. The summed E-state index contributed by atoms with van der Waals surface area (Å²) in [6, 6.07) is 10.8. The highest BCUT2D eigenvalue weighted by atomic mass is 31.0. The molecule has 0 nitrogen and oxygen atoms in total. The molecule has 2 rings (SSSR count). The maximum absolute atomic E-state index is 3.05. The third-order valence-electron chi connectivity index (χ3n) is 3.42. The molecule has 0 fully saturated rings. The predicted molar refractivity (Wildman–Crippen MR) is 70.0 cm³/mol. The third kappa shape index (κ3) is 2.32. The third-order valence-corrected chi connectivity index (χ3v) is 4.18. The molecule has 0 spiro atoms. The Morgan fingerprint density at radius 1 is 1.27 bits per heavy atom. The molecule has 15 heavy (non-hydrogen) atoms. The smallest absolute Gasteiger partial charge is 0.0132 e. The van der Waals surface area contributed by atoms with E-state index in [9.17, 15) is 0 Å². The van der Waals surface area contributed by atoms with Crippen molar-refractivity contribution in [1.82, 2.24) is 0 Å². The number of hydrogen-bond donors (Lipinski definition) is 0. The van der Waals surface area contributed by atoms with Crippen LogP contribution in [0.5, 0.6) is 0 Å². The summed E-state index contributed by atoms with van der Waals surface area (Å²) in [5.74, 6) is 0.665. The van der Waals surface area contributed by atoms with Gasteiger partial charge in [0.2, 0.25) is 0 Å². The normalized spacial score (nSPS) is 24.8. The molecule has 0 saturated heterocycles. The molecule has 1 aliphatic rings. The Bertz CT molecular complexity index is 338. The van der Waals surface area contributed by atoms with Crippen LogP contribution in [0.2, 0.25) is 0 Å². The van der Waals surface area contributed by atoms with Gasteiger partial charge in [-0.25, -0.2) is 0 Å². The molecule has 3 atom stereocenters. The van der Waals surface area contributed by atoms with E-state index in [1.807, 2.05) is 0 Å². The van der Waals surface area contributed by atoms with Crippen LogP contribution < -0.4 is 0 Å². The lowest BCUT2D eigenvalue weighted by atomic mass is 9.80. The van der Waals surface area contributed by atoms with Gasteiger partial charge in [0.1, 0.15) is 0 Å². The van der Waals surface area contributed by atoms with Gasteiger partial charge in [0.15, 0.2) is 0 Å². The Labute approximate surface area is 95.0 Å². The molecule has 1 aromatic rings. The Hall–Kier alpha value is -0.610. The van der Waals surface area contributed by atoms with Gasteiger partial charge >= 0.3 is 0 Å². The van der Waals surface area contributed by atoms with Crippen molar-refractivity contribution in [3.8, 4) is 0 Å². The van der Waals surface area contributed by atoms with Crippen molar-refractivity contribution in [2.45, 2.75) is 31.3 Å². The highest BCUT2D eigenvalue weighted by Gasteiger charge is 2.29. The Balaban J connectivity index is 2.26. The van der Waals surface area contributed by atoms with Gasteiger partial charge in [-0.3, -0.25) is 0 Å². The van der Waals surface area contributed by atoms with E-state index in [1.165, 1.54) is 24.8 Å². The van der Waals surface area contributed by atoms with Crippen molar-refractivity contribution in [3.63, 3.8) is 0 Å². The zero-order chi connectivity index (χ0) is 10.7. The average Bonchev–Trinajstić information content (AvgIpc) is 2.31. The molecule has 1 aliphatic carbocycles. The topological polar surface area (TPSA) is 0 Å². The first-order valence-electron chi connectivity index (χ1n) is 5.72. The standard InChI is InChI=1S/C14H19P/c1-14(15,12-8-4-2-5-9-12)13-10-6-3-7-11-13/h2,4-6,8-10,13H,3,7,11,15H2,1H3. The van der Waals surface area contributed by atoms with E-state index >= 15 is 0 Å². The number of hydrogen-bond acceptors (Lipinski definition) is 0. The van der Waals surface area contributed by atoms with Crippen LogP contribution in [-0.2, 0) is 5.16 Å². The summed E-state index contributed by atoms with van der Waals surface area (Å²) in [6.07, 6.45) is 8.62. The Morgan fingerprint density at radius 3 is 2.60 bits per heavy atom. The first-order chi connectivity index (χ1) is 7.21. The minimum atomic E-state index is 0.193. The molecule has 1 aromatic carbocycles. The van der Waals surface area contributed by atoms with E-state index in [0.717, 1.165) is 0 Å². The second kappa shape index (κ2) is 4.49. The highest BCUT2D eigenvalue weighted by Crippen LogP contribution is 2.43. The first kappa shape index (κ1) is 10.9. The first-order valence-corrected chi connectivity index (χ1v) is 6.30. The number of benzene rings is 1. The molecular weight excluding hydrogens is 199 g/mol. The van der Waals surface area contributed by atoms with Crippen molar-refractivity contribution in [3.05, 3.63) is 48.0 Å². The van der Waals surface area contributed by atoms with Crippen LogP contribution in [-0.4, -0.2) is 0 Å². The summed E-state index contributed by atoms with van der Waals surface area (Å²) in [6.45, 7) is 2.33. The fourth-order valence-electron chi connectivity index (χ4n) is 2.32. The fraction of sp³-hybridized carbons (Fsp3) is 0.429. The summed E-state index contributed by atoms with van der Waals surface area (Å²) < 4.78 is 0. The molecule has 0 radical (unpaired) electrons. The van der Waals surface area contributed by atoms with Crippen LogP contribution in [0.4, 0.5) is 0 Å². The Kier molecular flexibility index (Phi) is 3.26. The molecule has 80 valence electrons. The second-order valence-corrected chi connectivity index (χ2v) is 5.81. The van der Waals surface area contributed by atoms with Crippen LogP contribution in [0.3, 0.4) is 0 Å². The molecule has 0 N–H and O–H groups in total. The van der Waals surface area contributed by atoms with Crippen molar-refractivity contribution >= 4 is 9.24 Å². The SMILES string of the molecule is CC(P)(c1ccccc1)C1C=CCCC1. The van der Waals surface area contributed by atoms with Crippen LogP contribution in [0, 0.1) is 5.92 Å². The van der Waals surface area contributed by atoms with Crippen LogP contribution in [0.15, 0.2) is 42.5 Å². The van der Waals surface area contributed by atoms with Crippen LogP contribution in [0.25, 0.3) is 0 Å². The van der Waals surface area contributed by atoms with Crippen molar-refractivity contribution in [2.24, 2.45) is 5.92 Å². The molecular formula is C14H19P. The van der Waals surface area contributed by atoms with E-state index in [2.05, 4.69) is 58.6 Å². The van der Waals surface area contributed by atoms with Crippen LogP contribution >= 0.6 is 9.24 Å². The van der Waals surface area contributed by atoms with E-state index in [4.69, 9.17) is 0 Å². The van der Waals surface area contributed by atoms with Gasteiger partial charge in [0.25, 0.3) is 0 Å². The zero-order valence-corrected chi connectivity index (χ0v) is 10.5. The van der Waals surface area contributed by atoms with Crippen LogP contribution in [0.1, 0.15) is 31.7 Å². The lowest BCUT2D eigenvalue weighted by Crippen LogP contribution is -2.25. The highest BCUT2D eigenvalue weighted by molar-refractivity contribution is 7.18. The van der Waals surface area contributed by atoms with Gasteiger partial charge in [0, 0.05) is 5.16 Å². The molecule has 1 heteroatoms. The monoisotopic (exact) mass is 218 g/mol. The maximum Gasteiger partial charge on any atom is 0.0132 e. The molecule has 0 saturated carbocycles. The minimum Gasteiger partial charge on any atom is -0.126 e. The summed E-state index contributed by atoms with van der Waals surface area (Å²) in [7, 11) is 3.05. The largest absolute Gasteiger partial charge is 0.126 e. The van der Waals surface area contributed by atoms with E-state index in [1.54, 1.807) is 0 Å². The molecule has 0 heterocycles. The lowest BCUT2D eigenvalue weighted by Gasteiger charge is -2.34. The van der Waals surface area contributed by atoms with Crippen molar-refractivity contribution in [2.75, 3.05) is 0 Å². The molecule has 0 bridgehead atoms. The molecule has 0 aliphatic heterocycles. The molecule has 3 unspecified atom stereocenters. The summed E-state index contributed by atoms with van der Waals surface area (Å²) in [5, 5.41) is 0.193. The molecule has 0 aromatic heterocycles. The predicted octanol–water partition coefficient (Wildman–Crippen LogP) is 4.13. The summed E-state index contributed by atoms with van der Waals surface area (Å²) in [4.78, 5) is 0. The van der Waals surface area contributed by atoms with E-state index in [0.29, 0.717) is 5.92 Å². The van der Waals surface area contributed by atoms with Gasteiger partial charge in [-0.2, -0.15) is 0 Å². The maximum atomic E-state index is 3.05. The zero-order valence-electron chi connectivity index (χ0n) is 9.32. The quantitative estimate of drug-likeness (QED) is 0.517. The minimum absolute atomic E-state index is 0.193. The lowest BCUT2D eigenvalue weighted by molar-refractivity contribution is 0.434. The average molecular weight is 218 g/mol. The van der Waals surface area contributed by atoms with Gasteiger partial charge in [-0.05, 0) is 30.7 Å².